The Kier molecular flexibility index (Phi) is 5.27. The number of carbonyl (C=O) groups excluding carboxylic acids is 1. The molecule has 0 N–H and O–H groups in total. The van der Waals surface area contributed by atoms with E-state index >= 15 is 0 Å². The monoisotopic (exact) mass is 404 g/mol. The summed E-state index contributed by atoms with van der Waals surface area (Å²) in [5, 5.41) is 0. The zero-order valence-electron chi connectivity index (χ0n) is 15.9. The van der Waals surface area contributed by atoms with Gasteiger partial charge in [-0.3, -0.25) is 4.90 Å². The minimum Gasteiger partial charge on any atom is -0.463 e. The van der Waals surface area contributed by atoms with Gasteiger partial charge in [0.05, 0.1) is 18.3 Å². The van der Waals surface area contributed by atoms with E-state index in [1.54, 1.807) is 16.4 Å². The molecule has 1 fully saturated rings. The van der Waals surface area contributed by atoms with Gasteiger partial charge in [0.15, 0.2) is 0 Å². The van der Waals surface area contributed by atoms with Crippen molar-refractivity contribution >= 4 is 16.0 Å². The summed E-state index contributed by atoms with van der Waals surface area (Å²) in [5.74, 6) is -0.298. The lowest BCUT2D eigenvalue weighted by atomic mass is 10.1. The van der Waals surface area contributed by atoms with Crippen molar-refractivity contribution in [3.05, 3.63) is 53.0 Å². The molecule has 7 nitrogen and oxygen atoms in total. The van der Waals surface area contributed by atoms with E-state index in [1.165, 1.54) is 18.9 Å². The molecule has 0 saturated carbocycles. The lowest BCUT2D eigenvalue weighted by molar-refractivity contribution is 0.0561. The molecule has 0 bridgehead atoms. The van der Waals surface area contributed by atoms with Crippen molar-refractivity contribution in [3.63, 3.8) is 0 Å². The maximum absolute atomic E-state index is 13.0. The summed E-state index contributed by atoms with van der Waals surface area (Å²) in [4.78, 5) is 14.2. The fourth-order valence-electron chi connectivity index (χ4n) is 3.96. The number of rotatable bonds is 5. The third kappa shape index (κ3) is 3.59. The Morgan fingerprint density at radius 2 is 1.86 bits per heavy atom. The molecule has 1 aliphatic carbocycles. The van der Waals surface area contributed by atoms with Gasteiger partial charge >= 0.3 is 5.97 Å². The number of hydrogen-bond donors (Lipinski definition) is 0. The number of benzene rings is 1. The van der Waals surface area contributed by atoms with Gasteiger partial charge in [0, 0.05) is 38.3 Å². The normalized spacial score (nSPS) is 18.2. The summed E-state index contributed by atoms with van der Waals surface area (Å²) in [6.45, 7) is 2.55. The van der Waals surface area contributed by atoms with Crippen LogP contribution in [0.15, 0.2) is 39.8 Å². The molecule has 0 spiro atoms. The molecule has 28 heavy (non-hydrogen) atoms. The average Bonchev–Trinajstić information content (AvgIpc) is 3.36. The van der Waals surface area contributed by atoms with E-state index in [1.807, 2.05) is 12.1 Å². The first kappa shape index (κ1) is 19.2. The van der Waals surface area contributed by atoms with Gasteiger partial charge in [0.25, 0.3) is 0 Å². The minimum atomic E-state index is -3.48. The first-order valence-corrected chi connectivity index (χ1v) is 10.9. The Morgan fingerprint density at radius 1 is 1.11 bits per heavy atom. The number of methoxy groups -OCH3 is 1. The van der Waals surface area contributed by atoms with Crippen LogP contribution in [0, 0.1) is 0 Å². The van der Waals surface area contributed by atoms with E-state index < -0.39 is 16.0 Å². The molecule has 2 heterocycles. The Morgan fingerprint density at radius 3 is 2.61 bits per heavy atom. The number of ether oxygens (including phenoxy) is 1. The van der Waals surface area contributed by atoms with Gasteiger partial charge in [-0.05, 0) is 48.6 Å². The Bertz CT molecular complexity index is 974. The number of carbonyl (C=O) groups is 1. The third-order valence-corrected chi connectivity index (χ3v) is 7.45. The standard InChI is InChI=1S/C20H24N2O5S/c1-26-20(23)19-17(7-12-27-19)14-21-8-10-22(11-9-21)28(24,25)18-6-5-15-3-2-4-16(15)13-18/h5-7,12-13H,2-4,8-11,14H2,1H3. The molecule has 0 amide bonds. The van der Waals surface area contributed by atoms with Crippen molar-refractivity contribution in [3.8, 4) is 0 Å². The van der Waals surface area contributed by atoms with Crippen LogP contribution in [0.3, 0.4) is 0 Å². The van der Waals surface area contributed by atoms with Crippen LogP contribution >= 0.6 is 0 Å². The molecule has 1 aromatic carbocycles. The minimum absolute atomic E-state index is 0.204. The predicted octanol–water partition coefficient (Wildman–Crippen LogP) is 2.06. The first-order valence-electron chi connectivity index (χ1n) is 9.48. The summed E-state index contributed by atoms with van der Waals surface area (Å²) in [5.41, 5.74) is 3.18. The topological polar surface area (TPSA) is 80.1 Å². The van der Waals surface area contributed by atoms with Gasteiger partial charge < -0.3 is 9.15 Å². The molecule has 150 valence electrons. The van der Waals surface area contributed by atoms with Gasteiger partial charge in [-0.25, -0.2) is 13.2 Å². The molecule has 1 saturated heterocycles. The highest BCUT2D eigenvalue weighted by atomic mass is 32.2. The molecule has 2 aromatic rings. The summed E-state index contributed by atoms with van der Waals surface area (Å²) in [6.07, 6.45) is 4.56. The highest BCUT2D eigenvalue weighted by Crippen LogP contribution is 2.27. The SMILES string of the molecule is COC(=O)c1occc1CN1CCN(S(=O)(=O)c2ccc3c(c2)CCC3)CC1. The largest absolute Gasteiger partial charge is 0.463 e. The number of esters is 1. The van der Waals surface area contributed by atoms with E-state index in [0.29, 0.717) is 37.6 Å². The maximum Gasteiger partial charge on any atom is 0.374 e. The number of nitrogens with zero attached hydrogens (tertiary/aromatic N) is 2. The number of piperazine rings is 1. The molecular formula is C20H24N2O5S. The van der Waals surface area contributed by atoms with Gasteiger partial charge in [0.1, 0.15) is 0 Å². The number of aryl methyl sites for hydroxylation is 2. The summed E-state index contributed by atoms with van der Waals surface area (Å²) < 4.78 is 37.6. The fraction of sp³-hybridized carbons (Fsp3) is 0.450. The Balaban J connectivity index is 1.41. The van der Waals surface area contributed by atoms with E-state index in [2.05, 4.69) is 4.90 Å². The molecule has 0 radical (unpaired) electrons. The molecule has 2 aliphatic rings. The molecular weight excluding hydrogens is 380 g/mol. The van der Waals surface area contributed by atoms with Crippen LogP contribution in [-0.4, -0.2) is 56.9 Å². The maximum atomic E-state index is 13.0. The molecule has 1 aromatic heterocycles. The highest BCUT2D eigenvalue weighted by molar-refractivity contribution is 7.89. The van der Waals surface area contributed by atoms with Crippen LogP contribution in [0.5, 0.6) is 0 Å². The van der Waals surface area contributed by atoms with E-state index in [0.717, 1.165) is 30.4 Å². The number of hydrogen-bond acceptors (Lipinski definition) is 6. The van der Waals surface area contributed by atoms with Crippen LogP contribution in [0.25, 0.3) is 0 Å². The second-order valence-corrected chi connectivity index (χ2v) is 9.17. The van der Waals surface area contributed by atoms with Crippen molar-refractivity contribution in [1.29, 1.82) is 0 Å². The smallest absolute Gasteiger partial charge is 0.374 e. The van der Waals surface area contributed by atoms with Crippen molar-refractivity contribution in [2.75, 3.05) is 33.3 Å². The van der Waals surface area contributed by atoms with E-state index in [4.69, 9.17) is 9.15 Å². The summed E-state index contributed by atoms with van der Waals surface area (Å²) in [7, 11) is -2.16. The molecule has 0 unspecified atom stereocenters. The number of furan rings is 1. The average molecular weight is 404 g/mol. The van der Waals surface area contributed by atoms with Crippen LogP contribution < -0.4 is 0 Å². The highest BCUT2D eigenvalue weighted by Gasteiger charge is 2.30. The molecule has 0 atom stereocenters. The van der Waals surface area contributed by atoms with Crippen molar-refractivity contribution in [2.24, 2.45) is 0 Å². The quantitative estimate of drug-likeness (QED) is 0.710. The Labute approximate surface area is 164 Å². The second-order valence-electron chi connectivity index (χ2n) is 7.23. The van der Waals surface area contributed by atoms with Gasteiger partial charge in [-0.1, -0.05) is 6.07 Å². The van der Waals surface area contributed by atoms with Gasteiger partial charge in [-0.15, -0.1) is 0 Å². The fourth-order valence-corrected chi connectivity index (χ4v) is 5.43. The van der Waals surface area contributed by atoms with Gasteiger partial charge in [-0.2, -0.15) is 4.31 Å². The summed E-state index contributed by atoms with van der Waals surface area (Å²) in [6, 6.07) is 7.29. The second kappa shape index (κ2) is 7.69. The van der Waals surface area contributed by atoms with E-state index in [9.17, 15) is 13.2 Å². The van der Waals surface area contributed by atoms with E-state index in [-0.39, 0.29) is 5.76 Å². The molecule has 4 rings (SSSR count). The summed E-state index contributed by atoms with van der Waals surface area (Å²) >= 11 is 0. The number of fused-ring (bicyclic) bond motifs is 1. The van der Waals surface area contributed by atoms with Crippen LogP contribution in [0.4, 0.5) is 0 Å². The van der Waals surface area contributed by atoms with Crippen molar-refractivity contribution < 1.29 is 22.4 Å². The zero-order valence-corrected chi connectivity index (χ0v) is 16.7. The number of sulfonamides is 1. The van der Waals surface area contributed by atoms with Gasteiger partial charge in [0.2, 0.25) is 15.8 Å². The first-order chi connectivity index (χ1) is 13.5. The molecule has 1 aliphatic heterocycles. The lowest BCUT2D eigenvalue weighted by Gasteiger charge is -2.33. The zero-order chi connectivity index (χ0) is 19.7. The third-order valence-electron chi connectivity index (χ3n) is 5.55. The van der Waals surface area contributed by atoms with Crippen LogP contribution in [-0.2, 0) is 34.1 Å². The van der Waals surface area contributed by atoms with Crippen molar-refractivity contribution in [2.45, 2.75) is 30.7 Å². The molecule has 8 heteroatoms. The van der Waals surface area contributed by atoms with Crippen LogP contribution in [0.1, 0.15) is 33.7 Å². The van der Waals surface area contributed by atoms with Crippen molar-refractivity contribution in [1.82, 2.24) is 9.21 Å². The van der Waals surface area contributed by atoms with Crippen LogP contribution in [0.2, 0.25) is 0 Å². The Hall–Kier alpha value is -2.16. The lowest BCUT2D eigenvalue weighted by Crippen LogP contribution is -2.48. The predicted molar refractivity (Wildman–Crippen MR) is 103 cm³/mol.